The lowest BCUT2D eigenvalue weighted by molar-refractivity contribution is -0.151. The van der Waals surface area contributed by atoms with E-state index in [0.717, 1.165) is 17.7 Å². The van der Waals surface area contributed by atoms with Gasteiger partial charge in [0.25, 0.3) is 0 Å². The normalized spacial score (nSPS) is 33.2. The predicted molar refractivity (Wildman–Crippen MR) is 88.5 cm³/mol. The third-order valence-corrected chi connectivity index (χ3v) is 5.32. The van der Waals surface area contributed by atoms with Gasteiger partial charge in [-0.2, -0.15) is 0 Å². The van der Waals surface area contributed by atoms with Crippen molar-refractivity contribution in [3.63, 3.8) is 0 Å². The van der Waals surface area contributed by atoms with Gasteiger partial charge in [0, 0.05) is 5.69 Å². The monoisotopic (exact) mass is 327 g/mol. The van der Waals surface area contributed by atoms with Crippen molar-refractivity contribution in [1.82, 2.24) is 0 Å². The molecule has 1 amide bonds. The first-order valence-corrected chi connectivity index (χ1v) is 8.54. The van der Waals surface area contributed by atoms with Gasteiger partial charge in [-0.05, 0) is 25.0 Å². The molecule has 3 aliphatic heterocycles. The van der Waals surface area contributed by atoms with Crippen LogP contribution >= 0.6 is 0 Å². The van der Waals surface area contributed by atoms with Crippen molar-refractivity contribution in [2.45, 2.75) is 32.0 Å². The van der Waals surface area contributed by atoms with Crippen LogP contribution in [0.3, 0.4) is 0 Å². The molecule has 0 N–H and O–H groups in total. The number of nitrogens with zero attached hydrogens (tertiary/aromatic N) is 1. The largest absolute Gasteiger partial charge is 0.466 e. The van der Waals surface area contributed by atoms with E-state index in [0.29, 0.717) is 13.2 Å². The number of hydrogen-bond donors (Lipinski definition) is 0. The van der Waals surface area contributed by atoms with Gasteiger partial charge in [-0.3, -0.25) is 9.59 Å². The minimum atomic E-state index is -0.694. The average Bonchev–Trinajstić information content (AvgIpc) is 3.23. The fraction of sp³-hybridized carbons (Fsp3) is 0.474. The van der Waals surface area contributed by atoms with Crippen LogP contribution in [-0.4, -0.2) is 36.7 Å². The number of anilines is 1. The lowest BCUT2D eigenvalue weighted by atomic mass is 9.77. The molecule has 1 aromatic rings. The van der Waals surface area contributed by atoms with Gasteiger partial charge in [0.15, 0.2) is 0 Å². The Morgan fingerprint density at radius 2 is 2.17 bits per heavy atom. The van der Waals surface area contributed by atoms with Crippen molar-refractivity contribution >= 4 is 17.6 Å². The van der Waals surface area contributed by atoms with E-state index in [4.69, 9.17) is 9.47 Å². The third-order valence-electron chi connectivity index (χ3n) is 5.32. The minimum Gasteiger partial charge on any atom is -0.466 e. The average molecular weight is 327 g/mol. The second-order valence-corrected chi connectivity index (χ2v) is 6.56. The zero-order valence-corrected chi connectivity index (χ0v) is 13.9. The zero-order valence-electron chi connectivity index (χ0n) is 13.9. The number of amides is 1. The number of carbonyl (C=O) groups is 2. The van der Waals surface area contributed by atoms with Crippen LogP contribution in [0.15, 0.2) is 36.4 Å². The van der Waals surface area contributed by atoms with Gasteiger partial charge in [0.05, 0.1) is 25.2 Å². The molecular weight excluding hydrogens is 306 g/mol. The molecule has 4 rings (SSSR count). The Hall–Kier alpha value is -2.14. The fourth-order valence-corrected chi connectivity index (χ4v) is 4.28. The maximum Gasteiger partial charge on any atom is 0.312 e. The number of hydrogen-bond acceptors (Lipinski definition) is 4. The van der Waals surface area contributed by atoms with E-state index in [9.17, 15) is 9.59 Å². The fourth-order valence-electron chi connectivity index (χ4n) is 4.28. The van der Waals surface area contributed by atoms with E-state index in [2.05, 4.69) is 6.92 Å². The summed E-state index contributed by atoms with van der Waals surface area (Å²) in [5.74, 6) is -1.41. The highest BCUT2D eigenvalue weighted by atomic mass is 16.6. The van der Waals surface area contributed by atoms with Gasteiger partial charge in [-0.15, -0.1) is 0 Å². The summed E-state index contributed by atoms with van der Waals surface area (Å²) < 4.78 is 11.3. The summed E-state index contributed by atoms with van der Waals surface area (Å²) in [4.78, 5) is 27.3. The van der Waals surface area contributed by atoms with Gasteiger partial charge in [-0.1, -0.05) is 37.3 Å². The summed E-state index contributed by atoms with van der Waals surface area (Å²) in [5, 5.41) is 0. The maximum absolute atomic E-state index is 13.2. The smallest absolute Gasteiger partial charge is 0.312 e. The molecule has 5 heteroatoms. The summed E-state index contributed by atoms with van der Waals surface area (Å²) in [7, 11) is 0. The number of aryl methyl sites for hydroxylation is 1. The van der Waals surface area contributed by atoms with Crippen LogP contribution in [0.1, 0.15) is 19.4 Å². The van der Waals surface area contributed by atoms with E-state index in [1.807, 2.05) is 36.4 Å². The van der Waals surface area contributed by atoms with Crippen molar-refractivity contribution in [2.24, 2.45) is 11.8 Å². The maximum atomic E-state index is 13.2. The molecule has 3 heterocycles. The Bertz CT molecular complexity index is 728. The predicted octanol–water partition coefficient (Wildman–Crippen LogP) is 2.10. The first-order chi connectivity index (χ1) is 11.6. The zero-order chi connectivity index (χ0) is 16.9. The molecule has 1 aromatic carbocycles. The Balaban J connectivity index is 1.71. The van der Waals surface area contributed by atoms with Gasteiger partial charge in [0.2, 0.25) is 5.91 Å². The van der Waals surface area contributed by atoms with E-state index in [1.165, 1.54) is 0 Å². The van der Waals surface area contributed by atoms with Crippen molar-refractivity contribution < 1.29 is 19.1 Å². The molecule has 126 valence electrons. The second-order valence-electron chi connectivity index (χ2n) is 6.56. The number of para-hydroxylation sites is 1. The summed E-state index contributed by atoms with van der Waals surface area (Å²) >= 11 is 0. The molecule has 0 aromatic heterocycles. The number of fused-ring (bicyclic) bond motifs is 1. The van der Waals surface area contributed by atoms with Crippen LogP contribution in [0.4, 0.5) is 5.69 Å². The topological polar surface area (TPSA) is 55.8 Å². The molecular formula is C19H21NO4. The summed E-state index contributed by atoms with van der Waals surface area (Å²) in [5.41, 5.74) is 1.34. The summed E-state index contributed by atoms with van der Waals surface area (Å²) in [6.07, 6.45) is 4.37. The van der Waals surface area contributed by atoms with Crippen LogP contribution in [0, 0.1) is 11.8 Å². The quantitative estimate of drug-likeness (QED) is 0.628. The molecule has 3 aliphatic rings. The molecule has 2 fully saturated rings. The van der Waals surface area contributed by atoms with E-state index in [1.54, 1.807) is 11.8 Å². The highest BCUT2D eigenvalue weighted by Gasteiger charge is 2.67. The van der Waals surface area contributed by atoms with Gasteiger partial charge >= 0.3 is 5.97 Å². The standard InChI is InChI=1S/C19H21NO4/c1-3-12-7-5-6-8-13(12)20-11-19-10-9-14(24-19)15(16(19)17(20)21)18(22)23-4-2/h5-10,14-16H,3-4,11H2,1-2H3/t14-,15-,16-,19+/m1/s1. The molecule has 5 nitrogen and oxygen atoms in total. The SMILES string of the molecule is CCOC(=O)[C@@H]1[C@H]2C=C[C@@]3(CN(c4ccccc4CC)C(=O)[C@@H]13)O2. The first kappa shape index (κ1) is 15.4. The molecule has 24 heavy (non-hydrogen) atoms. The van der Waals surface area contributed by atoms with E-state index in [-0.39, 0.29) is 18.0 Å². The molecule has 0 saturated carbocycles. The van der Waals surface area contributed by atoms with Crippen LogP contribution < -0.4 is 4.90 Å². The van der Waals surface area contributed by atoms with Crippen molar-refractivity contribution in [3.05, 3.63) is 42.0 Å². The molecule has 1 spiro atoms. The van der Waals surface area contributed by atoms with Gasteiger partial charge in [-0.25, -0.2) is 0 Å². The van der Waals surface area contributed by atoms with Crippen molar-refractivity contribution in [1.29, 1.82) is 0 Å². The molecule has 0 radical (unpaired) electrons. The number of carbonyl (C=O) groups excluding carboxylic acids is 2. The van der Waals surface area contributed by atoms with Gasteiger partial charge < -0.3 is 14.4 Å². The molecule has 2 saturated heterocycles. The van der Waals surface area contributed by atoms with Gasteiger partial charge in [0.1, 0.15) is 11.5 Å². The molecule has 2 bridgehead atoms. The van der Waals surface area contributed by atoms with Crippen molar-refractivity contribution in [2.75, 3.05) is 18.1 Å². The highest BCUT2D eigenvalue weighted by molar-refractivity contribution is 6.03. The number of rotatable bonds is 4. The van der Waals surface area contributed by atoms with E-state index < -0.39 is 17.4 Å². The highest BCUT2D eigenvalue weighted by Crippen LogP contribution is 2.53. The van der Waals surface area contributed by atoms with E-state index >= 15 is 0 Å². The van der Waals surface area contributed by atoms with Crippen LogP contribution in [-0.2, 0) is 25.5 Å². The van der Waals surface area contributed by atoms with Crippen molar-refractivity contribution in [3.8, 4) is 0 Å². The lowest BCUT2D eigenvalue weighted by Gasteiger charge is -2.23. The minimum absolute atomic E-state index is 0.0409. The number of ether oxygens (including phenoxy) is 2. The molecule has 0 unspecified atom stereocenters. The third kappa shape index (κ3) is 1.97. The molecule has 4 atom stereocenters. The number of benzene rings is 1. The Morgan fingerprint density at radius 3 is 2.92 bits per heavy atom. The Labute approximate surface area is 141 Å². The second kappa shape index (κ2) is 5.45. The Kier molecular flexibility index (Phi) is 3.49. The first-order valence-electron chi connectivity index (χ1n) is 8.54. The van der Waals surface area contributed by atoms with Crippen LogP contribution in [0.25, 0.3) is 0 Å². The Morgan fingerprint density at radius 1 is 1.38 bits per heavy atom. The number of esters is 1. The lowest BCUT2D eigenvalue weighted by Crippen LogP contribution is -2.40. The molecule has 0 aliphatic carbocycles. The van der Waals surface area contributed by atoms with Crippen LogP contribution in [0.2, 0.25) is 0 Å². The summed E-state index contributed by atoms with van der Waals surface area (Å²) in [6.45, 7) is 4.61. The summed E-state index contributed by atoms with van der Waals surface area (Å²) in [6, 6.07) is 7.91. The van der Waals surface area contributed by atoms with Crippen LogP contribution in [0.5, 0.6) is 0 Å².